The number of esters is 1. The van der Waals surface area contributed by atoms with Gasteiger partial charge in [0.15, 0.2) is 0 Å². The normalized spacial score (nSPS) is 13.2. The molecule has 29 heavy (non-hydrogen) atoms. The summed E-state index contributed by atoms with van der Waals surface area (Å²) in [5.41, 5.74) is 2.30. The predicted molar refractivity (Wildman–Crippen MR) is 115 cm³/mol. The van der Waals surface area contributed by atoms with Gasteiger partial charge < -0.3 is 14.8 Å². The Morgan fingerprint density at radius 3 is 2.86 bits per heavy atom. The number of carbonyl (C=O) groups is 1. The van der Waals surface area contributed by atoms with Crippen LogP contribution < -0.4 is 10.1 Å². The van der Waals surface area contributed by atoms with Crippen LogP contribution in [0.5, 0.6) is 5.75 Å². The number of methoxy groups -OCH3 is 1. The first-order valence-electron chi connectivity index (χ1n) is 9.66. The highest BCUT2D eigenvalue weighted by Crippen LogP contribution is 2.39. The summed E-state index contributed by atoms with van der Waals surface area (Å²) in [6, 6.07) is 5.65. The molecule has 2 aromatic heterocycles. The van der Waals surface area contributed by atoms with Crippen LogP contribution in [0.2, 0.25) is 5.02 Å². The molecule has 0 bridgehead atoms. The van der Waals surface area contributed by atoms with Crippen molar-refractivity contribution in [2.45, 2.75) is 39.2 Å². The summed E-state index contributed by atoms with van der Waals surface area (Å²) in [4.78, 5) is 23.5. The summed E-state index contributed by atoms with van der Waals surface area (Å²) >= 11 is 7.90. The predicted octanol–water partition coefficient (Wildman–Crippen LogP) is 5.02. The number of aryl methyl sites for hydroxylation is 2. The molecule has 1 aromatic carbocycles. The van der Waals surface area contributed by atoms with Gasteiger partial charge in [-0.3, -0.25) is 0 Å². The number of hydrogen-bond acceptors (Lipinski definition) is 7. The summed E-state index contributed by atoms with van der Waals surface area (Å²) in [6.45, 7) is 2.57. The Labute approximate surface area is 178 Å². The Kier molecular flexibility index (Phi) is 5.87. The molecule has 0 aliphatic heterocycles. The van der Waals surface area contributed by atoms with E-state index >= 15 is 0 Å². The number of nitrogens with one attached hydrogen (secondary N) is 1. The van der Waals surface area contributed by atoms with Crippen molar-refractivity contribution >= 4 is 44.9 Å². The maximum absolute atomic E-state index is 12.3. The fourth-order valence-electron chi connectivity index (χ4n) is 3.58. The van der Waals surface area contributed by atoms with E-state index in [1.54, 1.807) is 25.4 Å². The fourth-order valence-corrected chi connectivity index (χ4v) is 5.12. The SMILES string of the molecule is CCOC(=O)c1nc(NCc2ccc(OC)c(Cl)c2)c2c3c(sc2n1)CCCC3. The average Bonchev–Trinajstić information content (AvgIpc) is 3.11. The highest BCUT2D eigenvalue weighted by molar-refractivity contribution is 7.19. The molecule has 0 atom stereocenters. The maximum Gasteiger partial charge on any atom is 0.376 e. The van der Waals surface area contributed by atoms with Crippen LogP contribution in [0.25, 0.3) is 10.2 Å². The van der Waals surface area contributed by atoms with E-state index in [1.807, 2.05) is 18.2 Å². The summed E-state index contributed by atoms with van der Waals surface area (Å²) in [6.07, 6.45) is 4.41. The molecule has 2 heterocycles. The molecule has 0 unspecified atom stereocenters. The number of thiophene rings is 1. The van der Waals surface area contributed by atoms with Gasteiger partial charge >= 0.3 is 5.97 Å². The minimum absolute atomic E-state index is 0.0909. The molecule has 0 amide bonds. The first kappa shape index (κ1) is 19.9. The largest absolute Gasteiger partial charge is 0.495 e. The van der Waals surface area contributed by atoms with Crippen LogP contribution in [0.1, 0.15) is 46.4 Å². The third kappa shape index (κ3) is 4.02. The number of nitrogens with zero attached hydrogens (tertiary/aromatic N) is 2. The van der Waals surface area contributed by atoms with E-state index in [-0.39, 0.29) is 12.4 Å². The average molecular weight is 432 g/mol. The van der Waals surface area contributed by atoms with E-state index in [0.717, 1.165) is 35.0 Å². The Hall–Kier alpha value is -2.38. The number of fused-ring (bicyclic) bond motifs is 3. The number of halogens is 1. The van der Waals surface area contributed by atoms with Crippen LogP contribution in [0.15, 0.2) is 18.2 Å². The molecule has 0 fully saturated rings. The monoisotopic (exact) mass is 431 g/mol. The van der Waals surface area contributed by atoms with Gasteiger partial charge in [0.2, 0.25) is 5.82 Å². The first-order valence-corrected chi connectivity index (χ1v) is 10.9. The van der Waals surface area contributed by atoms with Crippen LogP contribution in [0.4, 0.5) is 5.82 Å². The number of anilines is 1. The van der Waals surface area contributed by atoms with Gasteiger partial charge in [-0.05, 0) is 55.9 Å². The van der Waals surface area contributed by atoms with Crippen molar-refractivity contribution in [1.82, 2.24) is 9.97 Å². The second kappa shape index (κ2) is 8.55. The lowest BCUT2D eigenvalue weighted by Gasteiger charge is -2.13. The van der Waals surface area contributed by atoms with Gasteiger partial charge in [-0.1, -0.05) is 17.7 Å². The number of aromatic nitrogens is 2. The third-order valence-corrected chi connectivity index (χ3v) is 6.43. The van der Waals surface area contributed by atoms with Crippen molar-refractivity contribution in [2.24, 2.45) is 0 Å². The number of benzene rings is 1. The molecule has 1 N–H and O–H groups in total. The quantitative estimate of drug-likeness (QED) is 0.552. The molecule has 0 saturated carbocycles. The van der Waals surface area contributed by atoms with Crippen molar-refractivity contribution in [3.05, 3.63) is 45.1 Å². The lowest BCUT2D eigenvalue weighted by atomic mass is 9.97. The third-order valence-electron chi connectivity index (χ3n) is 4.95. The molecule has 8 heteroatoms. The Morgan fingerprint density at radius 1 is 1.28 bits per heavy atom. The Balaban J connectivity index is 1.71. The van der Waals surface area contributed by atoms with Crippen molar-refractivity contribution in [3.63, 3.8) is 0 Å². The highest BCUT2D eigenvalue weighted by atomic mass is 35.5. The topological polar surface area (TPSA) is 73.3 Å². The molecule has 3 aromatic rings. The van der Waals surface area contributed by atoms with Crippen molar-refractivity contribution in [1.29, 1.82) is 0 Å². The Morgan fingerprint density at radius 2 is 2.10 bits per heavy atom. The molecule has 1 aliphatic rings. The number of hydrogen-bond donors (Lipinski definition) is 1. The molecular formula is C21H22ClN3O3S. The Bertz CT molecular complexity index is 1070. The fraction of sp³-hybridized carbons (Fsp3) is 0.381. The van der Waals surface area contributed by atoms with Gasteiger partial charge in [-0.25, -0.2) is 14.8 Å². The maximum atomic E-state index is 12.3. The smallest absolute Gasteiger partial charge is 0.376 e. The molecule has 6 nitrogen and oxygen atoms in total. The molecule has 0 radical (unpaired) electrons. The lowest BCUT2D eigenvalue weighted by Crippen LogP contribution is -2.12. The second-order valence-electron chi connectivity index (χ2n) is 6.83. The van der Waals surface area contributed by atoms with Gasteiger partial charge in [-0.2, -0.15) is 0 Å². The molecular weight excluding hydrogens is 410 g/mol. The summed E-state index contributed by atoms with van der Waals surface area (Å²) < 4.78 is 10.3. The van der Waals surface area contributed by atoms with E-state index in [4.69, 9.17) is 21.1 Å². The van der Waals surface area contributed by atoms with E-state index < -0.39 is 5.97 Å². The number of carbonyl (C=O) groups excluding carboxylic acids is 1. The van der Waals surface area contributed by atoms with Crippen molar-refractivity contribution in [2.75, 3.05) is 19.0 Å². The minimum Gasteiger partial charge on any atom is -0.495 e. The highest BCUT2D eigenvalue weighted by Gasteiger charge is 2.23. The summed E-state index contributed by atoms with van der Waals surface area (Å²) in [7, 11) is 1.59. The van der Waals surface area contributed by atoms with Crippen LogP contribution in [-0.4, -0.2) is 29.7 Å². The van der Waals surface area contributed by atoms with Crippen molar-refractivity contribution < 1.29 is 14.3 Å². The van der Waals surface area contributed by atoms with E-state index in [2.05, 4.69) is 15.3 Å². The van der Waals surface area contributed by atoms with Gasteiger partial charge in [0.25, 0.3) is 0 Å². The zero-order chi connectivity index (χ0) is 20.4. The van der Waals surface area contributed by atoms with E-state index in [9.17, 15) is 4.79 Å². The van der Waals surface area contributed by atoms with Gasteiger partial charge in [-0.15, -0.1) is 11.3 Å². The molecule has 0 spiro atoms. The zero-order valence-electron chi connectivity index (χ0n) is 16.4. The number of rotatable bonds is 6. The lowest BCUT2D eigenvalue weighted by molar-refractivity contribution is 0.0512. The summed E-state index contributed by atoms with van der Waals surface area (Å²) in [5, 5.41) is 4.97. The molecule has 152 valence electrons. The molecule has 1 aliphatic carbocycles. The van der Waals surface area contributed by atoms with Gasteiger partial charge in [0, 0.05) is 11.4 Å². The molecule has 0 saturated heterocycles. The van der Waals surface area contributed by atoms with Crippen LogP contribution in [-0.2, 0) is 24.1 Å². The van der Waals surface area contributed by atoms with Crippen LogP contribution in [0, 0.1) is 0 Å². The second-order valence-corrected chi connectivity index (χ2v) is 8.32. The van der Waals surface area contributed by atoms with Crippen molar-refractivity contribution in [3.8, 4) is 5.75 Å². The zero-order valence-corrected chi connectivity index (χ0v) is 18.0. The van der Waals surface area contributed by atoms with Crippen LogP contribution >= 0.6 is 22.9 Å². The van der Waals surface area contributed by atoms with E-state index in [1.165, 1.54) is 16.9 Å². The van der Waals surface area contributed by atoms with Gasteiger partial charge in [0.1, 0.15) is 16.4 Å². The molecule has 4 rings (SSSR count). The standard InChI is InChI=1S/C21H22ClN3O3S/c1-3-28-21(26)19-24-18(23-11-12-8-9-15(27-2)14(22)10-12)17-13-6-4-5-7-16(13)29-20(17)25-19/h8-10H,3-7,11H2,1-2H3,(H,23,24,25). The first-order chi connectivity index (χ1) is 14.1. The number of ether oxygens (including phenoxy) is 2. The van der Waals surface area contributed by atoms with Gasteiger partial charge in [0.05, 0.1) is 24.1 Å². The van der Waals surface area contributed by atoms with E-state index in [0.29, 0.717) is 23.1 Å². The summed E-state index contributed by atoms with van der Waals surface area (Å²) in [5.74, 6) is 0.894. The minimum atomic E-state index is -0.503. The van der Waals surface area contributed by atoms with Crippen LogP contribution in [0.3, 0.4) is 0 Å².